The van der Waals surface area contributed by atoms with Crippen molar-refractivity contribution < 1.29 is 87.9 Å². The number of carbonyl (C=O) groups excluding carboxylic acids is 4. The third-order valence-corrected chi connectivity index (χ3v) is 12.7. The molecule has 0 bridgehead atoms. The van der Waals surface area contributed by atoms with Gasteiger partial charge in [0.2, 0.25) is 33.7 Å². The fraction of sp³-hybridized carbons (Fsp3) is 0.684. The van der Waals surface area contributed by atoms with Crippen LogP contribution in [0.3, 0.4) is 0 Å². The number of aliphatic carboxylic acids is 2. The Morgan fingerprint density at radius 2 is 1.19 bits per heavy atom. The summed E-state index contributed by atoms with van der Waals surface area (Å²) < 4.78 is 118. The predicted molar refractivity (Wildman–Crippen MR) is 234 cm³/mol. The molecule has 23 nitrogen and oxygen atoms in total. The van der Waals surface area contributed by atoms with Crippen molar-refractivity contribution in [1.29, 1.82) is 0 Å². The summed E-state index contributed by atoms with van der Waals surface area (Å²) in [5.74, 6) is -13.9. The standard InChI is InChI=1S/C38H60F3N7O16S3/c39-30-31(40)35(33(32(41)34(30)67(43,59)60)46-23-6-4-2-1-3-5-7-23)66(57,58)19-9-28(50)44-10-12-62-14-16-64-18-17-63-15-13-61-11-8-27(49)45-21-24(42)36(53)47-25(20-29(51)52)37(54)48-26(22-65)38(55)56/h23-26,46,65H,1-22,42H2,(H,44,50)(H,45,49)(H,47,53)(H,48,54)(H,51,52)(H,55,56)(H2,43,59,60)/t24-,25-,26-/m0/s1. The topological polar surface area (TPSA) is 360 Å². The van der Waals surface area contributed by atoms with Crippen LogP contribution in [-0.4, -0.2) is 164 Å². The van der Waals surface area contributed by atoms with Crippen molar-refractivity contribution in [2.45, 2.75) is 98.2 Å². The molecule has 0 heterocycles. The van der Waals surface area contributed by atoms with Crippen LogP contribution >= 0.6 is 12.6 Å². The van der Waals surface area contributed by atoms with Crippen molar-refractivity contribution in [2.24, 2.45) is 10.9 Å². The lowest BCUT2D eigenvalue weighted by Crippen LogP contribution is -2.57. The van der Waals surface area contributed by atoms with Crippen LogP contribution in [0.5, 0.6) is 0 Å². The first-order chi connectivity index (χ1) is 31.6. The van der Waals surface area contributed by atoms with E-state index in [0.29, 0.717) is 25.7 Å². The number of sulfonamides is 1. The van der Waals surface area contributed by atoms with Gasteiger partial charge in [-0.2, -0.15) is 12.6 Å². The van der Waals surface area contributed by atoms with Gasteiger partial charge in [0.05, 0.1) is 70.7 Å². The quantitative estimate of drug-likeness (QED) is 0.0233. The van der Waals surface area contributed by atoms with Crippen LogP contribution in [0.1, 0.15) is 64.2 Å². The number of nitrogens with one attached hydrogen (secondary N) is 5. The zero-order valence-electron chi connectivity index (χ0n) is 36.5. The maximum absolute atomic E-state index is 15.6. The molecule has 0 aliphatic heterocycles. The molecule has 2 rings (SSSR count). The molecule has 0 radical (unpaired) electrons. The summed E-state index contributed by atoms with van der Waals surface area (Å²) >= 11 is 3.80. The van der Waals surface area contributed by atoms with Gasteiger partial charge < -0.3 is 61.5 Å². The van der Waals surface area contributed by atoms with E-state index in [9.17, 15) is 50.0 Å². The maximum Gasteiger partial charge on any atom is 0.327 e. The number of hydrogen-bond acceptors (Lipinski definition) is 17. The monoisotopic (exact) mass is 1020 g/mol. The first kappa shape index (κ1) is 58.8. The van der Waals surface area contributed by atoms with E-state index in [1.165, 1.54) is 0 Å². The van der Waals surface area contributed by atoms with Crippen LogP contribution < -0.4 is 37.5 Å². The molecule has 29 heteroatoms. The third-order valence-electron chi connectivity index (χ3n) is 9.71. The number of sulfone groups is 1. The molecular formula is C38H60F3N7O16S3. The molecule has 1 aromatic rings. The van der Waals surface area contributed by atoms with Crippen molar-refractivity contribution in [3.63, 3.8) is 0 Å². The zero-order valence-corrected chi connectivity index (χ0v) is 39.1. The highest BCUT2D eigenvalue weighted by atomic mass is 32.2. The molecule has 382 valence electrons. The highest BCUT2D eigenvalue weighted by Crippen LogP contribution is 2.37. The molecule has 11 N–H and O–H groups in total. The number of thiol groups is 1. The number of ether oxygens (including phenoxy) is 4. The third kappa shape index (κ3) is 21.6. The van der Waals surface area contributed by atoms with E-state index in [-0.39, 0.29) is 78.1 Å². The van der Waals surface area contributed by atoms with Gasteiger partial charge in [-0.25, -0.2) is 39.9 Å². The van der Waals surface area contributed by atoms with Crippen LogP contribution in [0.2, 0.25) is 0 Å². The van der Waals surface area contributed by atoms with E-state index < -0.39 is 131 Å². The van der Waals surface area contributed by atoms with Crippen LogP contribution in [0.4, 0.5) is 18.9 Å². The Kier molecular flexibility index (Phi) is 26.5. The minimum Gasteiger partial charge on any atom is -0.481 e. The van der Waals surface area contributed by atoms with Crippen molar-refractivity contribution >= 4 is 73.7 Å². The number of anilines is 1. The number of carboxylic acids is 2. The van der Waals surface area contributed by atoms with Crippen LogP contribution in [0.25, 0.3) is 0 Å². The molecule has 4 amide bonds. The first-order valence-electron chi connectivity index (χ1n) is 21.1. The van der Waals surface area contributed by atoms with Gasteiger partial charge in [-0.15, -0.1) is 0 Å². The Balaban J connectivity index is 1.61. The number of halogens is 3. The maximum atomic E-state index is 15.6. The lowest BCUT2D eigenvalue weighted by molar-refractivity contribution is -0.143. The summed E-state index contributed by atoms with van der Waals surface area (Å²) in [6.07, 6.45) is 3.16. The van der Waals surface area contributed by atoms with Crippen LogP contribution in [0.15, 0.2) is 9.79 Å². The average Bonchev–Trinajstić information content (AvgIpc) is 3.23. The average molecular weight is 1020 g/mol. The van der Waals surface area contributed by atoms with E-state index in [1.54, 1.807) is 0 Å². The summed E-state index contributed by atoms with van der Waals surface area (Å²) in [5, 5.41) is 34.7. The molecule has 1 saturated carbocycles. The van der Waals surface area contributed by atoms with Gasteiger partial charge in [-0.3, -0.25) is 24.0 Å². The summed E-state index contributed by atoms with van der Waals surface area (Å²) in [7, 11) is -10.1. The van der Waals surface area contributed by atoms with Gasteiger partial charge in [0.25, 0.3) is 0 Å². The summed E-state index contributed by atoms with van der Waals surface area (Å²) in [6, 6.07) is -5.03. The van der Waals surface area contributed by atoms with E-state index in [4.69, 9.17) is 40.0 Å². The Morgan fingerprint density at radius 3 is 1.73 bits per heavy atom. The number of amides is 4. The normalized spacial score (nSPS) is 15.0. The van der Waals surface area contributed by atoms with E-state index in [1.807, 2.05) is 0 Å². The van der Waals surface area contributed by atoms with Crippen LogP contribution in [-0.2, 0) is 67.6 Å². The largest absolute Gasteiger partial charge is 0.481 e. The van der Waals surface area contributed by atoms with Gasteiger partial charge in [0.15, 0.2) is 32.2 Å². The highest BCUT2D eigenvalue weighted by molar-refractivity contribution is 7.91. The number of carbonyl (C=O) groups is 6. The number of carboxylic acid groups (broad SMARTS) is 2. The first-order valence-corrected chi connectivity index (χ1v) is 24.9. The molecule has 67 heavy (non-hydrogen) atoms. The molecule has 0 unspecified atom stereocenters. The number of nitrogens with two attached hydrogens (primary N) is 2. The highest BCUT2D eigenvalue weighted by Gasteiger charge is 2.37. The van der Waals surface area contributed by atoms with Crippen molar-refractivity contribution in [1.82, 2.24) is 21.3 Å². The molecule has 0 aromatic heterocycles. The van der Waals surface area contributed by atoms with Crippen molar-refractivity contribution in [3.05, 3.63) is 17.5 Å². The lowest BCUT2D eigenvalue weighted by Gasteiger charge is -2.25. The minimum atomic E-state index is -5.15. The predicted octanol–water partition coefficient (Wildman–Crippen LogP) is -1.09. The SMILES string of the molecule is N[C@@H](CNC(=O)CCOCCOCCOCCOCCNC(=O)CCS(=O)(=O)c1c(F)c(F)c(S(N)(=O)=O)c(F)c1NC1CCCCCCC1)C(=O)N[C@@H](CC(=O)O)C(=O)N[C@@H](CS)C(=O)O. The molecule has 1 aliphatic rings. The molecular weight excluding hydrogens is 964 g/mol. The Hall–Kier alpha value is -4.36. The number of benzene rings is 1. The second kappa shape index (κ2) is 30.2. The lowest BCUT2D eigenvalue weighted by atomic mass is 9.96. The van der Waals surface area contributed by atoms with Crippen molar-refractivity contribution in [3.8, 4) is 0 Å². The summed E-state index contributed by atoms with van der Waals surface area (Å²) in [6.45, 7) is 0.468. The van der Waals surface area contributed by atoms with Crippen LogP contribution in [0, 0.1) is 17.5 Å². The van der Waals surface area contributed by atoms with E-state index in [2.05, 4.69) is 39.2 Å². The molecule has 0 spiro atoms. The van der Waals surface area contributed by atoms with Gasteiger partial charge >= 0.3 is 11.9 Å². The second-order valence-corrected chi connectivity index (χ2v) is 18.9. The fourth-order valence-corrected chi connectivity index (χ4v) is 8.65. The Labute approximate surface area is 391 Å². The van der Waals surface area contributed by atoms with Crippen molar-refractivity contribution in [2.75, 3.05) is 82.8 Å². The number of rotatable bonds is 32. The molecule has 1 aliphatic carbocycles. The number of primary sulfonamides is 1. The zero-order chi connectivity index (χ0) is 50.2. The Morgan fingerprint density at radius 1 is 0.687 bits per heavy atom. The summed E-state index contributed by atoms with van der Waals surface area (Å²) in [4.78, 5) is 68.4. The molecule has 1 aromatic carbocycles. The van der Waals surface area contributed by atoms with E-state index >= 15 is 8.78 Å². The molecule has 0 saturated heterocycles. The molecule has 1 fully saturated rings. The summed E-state index contributed by atoms with van der Waals surface area (Å²) in [5.41, 5.74) is 4.69. The number of hydrogen-bond donors (Lipinski definition) is 10. The van der Waals surface area contributed by atoms with Gasteiger partial charge in [-0.1, -0.05) is 32.1 Å². The van der Waals surface area contributed by atoms with Gasteiger partial charge in [0, 0.05) is 37.7 Å². The van der Waals surface area contributed by atoms with Gasteiger partial charge in [-0.05, 0) is 12.8 Å². The smallest absolute Gasteiger partial charge is 0.327 e. The molecule has 3 atom stereocenters. The van der Waals surface area contributed by atoms with E-state index in [0.717, 1.165) is 19.3 Å². The fourth-order valence-electron chi connectivity index (χ4n) is 6.23. The Bertz CT molecular complexity index is 2050. The second-order valence-electron chi connectivity index (χ2n) is 15.0. The van der Waals surface area contributed by atoms with Gasteiger partial charge in [0.1, 0.15) is 23.0 Å². The minimum absolute atomic E-state index is 0.00437.